The minimum absolute atomic E-state index is 0.134. The highest BCUT2D eigenvalue weighted by molar-refractivity contribution is 5.97. The summed E-state index contributed by atoms with van der Waals surface area (Å²) in [4.78, 5) is 17.0. The maximum Gasteiger partial charge on any atom is 0.244 e. The van der Waals surface area contributed by atoms with Gasteiger partial charge in [-0.2, -0.15) is 0 Å². The Balaban J connectivity index is 1.72. The normalized spacial score (nSPS) is 18.4. The molecule has 2 aromatic rings. The lowest BCUT2D eigenvalue weighted by Crippen LogP contribution is -2.55. The van der Waals surface area contributed by atoms with Crippen molar-refractivity contribution in [3.05, 3.63) is 59.7 Å². The van der Waals surface area contributed by atoms with Crippen LogP contribution in [-0.4, -0.2) is 36.5 Å². The number of carbonyl (C=O) groups is 1. The lowest BCUT2D eigenvalue weighted by molar-refractivity contribution is -0.125. The van der Waals surface area contributed by atoms with E-state index >= 15 is 0 Å². The third kappa shape index (κ3) is 4.02. The highest BCUT2D eigenvalue weighted by Crippen LogP contribution is 2.25. The Morgan fingerprint density at radius 3 is 2.68 bits per heavy atom. The summed E-state index contributed by atoms with van der Waals surface area (Å²) in [6.07, 6.45) is 0. The van der Waals surface area contributed by atoms with Gasteiger partial charge in [-0.05, 0) is 38.5 Å². The first kappa shape index (κ1) is 17.5. The maximum absolute atomic E-state index is 12.9. The third-order valence-electron chi connectivity index (χ3n) is 4.69. The second-order valence-corrected chi connectivity index (χ2v) is 6.56. The quantitative estimate of drug-likeness (QED) is 0.834. The molecule has 2 aromatic carbocycles. The summed E-state index contributed by atoms with van der Waals surface area (Å²) in [5, 5.41) is 0. The van der Waals surface area contributed by atoms with Crippen LogP contribution in [0.4, 0.5) is 5.69 Å². The van der Waals surface area contributed by atoms with Gasteiger partial charge in [0.2, 0.25) is 5.91 Å². The number of ether oxygens (including phenoxy) is 1. The average molecular weight is 338 g/mol. The van der Waals surface area contributed by atoms with Crippen molar-refractivity contribution in [3.8, 4) is 5.75 Å². The van der Waals surface area contributed by atoms with E-state index in [-0.39, 0.29) is 11.9 Å². The first-order chi connectivity index (χ1) is 12.1. The summed E-state index contributed by atoms with van der Waals surface area (Å²) in [5.74, 6) is 0.954. The Bertz CT molecular complexity index is 744. The third-order valence-corrected chi connectivity index (χ3v) is 4.69. The van der Waals surface area contributed by atoms with Crippen LogP contribution in [0.2, 0.25) is 0 Å². The van der Waals surface area contributed by atoms with Crippen LogP contribution in [0.15, 0.2) is 48.5 Å². The van der Waals surface area contributed by atoms with Crippen LogP contribution in [0, 0.1) is 6.92 Å². The molecule has 0 aliphatic carbocycles. The van der Waals surface area contributed by atoms with E-state index in [0.29, 0.717) is 13.2 Å². The topological polar surface area (TPSA) is 32.8 Å². The van der Waals surface area contributed by atoms with Crippen molar-refractivity contribution >= 4 is 11.6 Å². The number of rotatable bonds is 5. The molecule has 1 aliphatic rings. The molecule has 0 aromatic heterocycles. The molecule has 3 rings (SSSR count). The Hall–Kier alpha value is -2.33. The molecule has 0 N–H and O–H groups in total. The van der Waals surface area contributed by atoms with Gasteiger partial charge in [0.15, 0.2) is 0 Å². The highest BCUT2D eigenvalue weighted by atomic mass is 16.5. The highest BCUT2D eigenvalue weighted by Gasteiger charge is 2.32. The van der Waals surface area contributed by atoms with Crippen molar-refractivity contribution in [1.29, 1.82) is 0 Å². The van der Waals surface area contributed by atoms with Crippen molar-refractivity contribution < 1.29 is 9.53 Å². The zero-order chi connectivity index (χ0) is 17.8. The molecular weight excluding hydrogens is 312 g/mol. The van der Waals surface area contributed by atoms with E-state index in [1.165, 1.54) is 11.1 Å². The van der Waals surface area contributed by atoms with Gasteiger partial charge >= 0.3 is 0 Å². The number of hydrogen-bond acceptors (Lipinski definition) is 3. The summed E-state index contributed by atoms with van der Waals surface area (Å²) in [7, 11) is 0. The van der Waals surface area contributed by atoms with Gasteiger partial charge in [0.25, 0.3) is 0 Å². The van der Waals surface area contributed by atoms with Gasteiger partial charge in [-0.1, -0.05) is 35.9 Å². The van der Waals surface area contributed by atoms with Crippen LogP contribution in [0.5, 0.6) is 5.75 Å². The van der Waals surface area contributed by atoms with Crippen molar-refractivity contribution in [2.24, 2.45) is 0 Å². The number of carbonyl (C=O) groups excluding carboxylic acids is 1. The minimum atomic E-state index is -0.134. The smallest absolute Gasteiger partial charge is 0.244 e. The average Bonchev–Trinajstić information content (AvgIpc) is 2.60. The van der Waals surface area contributed by atoms with Crippen LogP contribution < -0.4 is 9.64 Å². The summed E-state index contributed by atoms with van der Waals surface area (Å²) in [5.41, 5.74) is 3.42. The van der Waals surface area contributed by atoms with E-state index in [9.17, 15) is 4.79 Å². The fourth-order valence-corrected chi connectivity index (χ4v) is 3.34. The van der Waals surface area contributed by atoms with Gasteiger partial charge < -0.3 is 9.64 Å². The molecule has 0 bridgehead atoms. The summed E-state index contributed by atoms with van der Waals surface area (Å²) < 4.78 is 5.56. The summed E-state index contributed by atoms with van der Waals surface area (Å²) >= 11 is 0. The largest absolute Gasteiger partial charge is 0.494 e. The van der Waals surface area contributed by atoms with Gasteiger partial charge in [0.1, 0.15) is 5.75 Å². The first-order valence-corrected chi connectivity index (χ1v) is 8.92. The number of nitrogens with zero attached hydrogens (tertiary/aromatic N) is 2. The Morgan fingerprint density at radius 1 is 1.12 bits per heavy atom. The summed E-state index contributed by atoms with van der Waals surface area (Å²) in [6, 6.07) is 16.1. The first-order valence-electron chi connectivity index (χ1n) is 8.92. The number of hydrogen-bond donors (Lipinski definition) is 0. The molecule has 25 heavy (non-hydrogen) atoms. The molecular formula is C21H26N2O2. The molecule has 0 saturated carbocycles. The zero-order valence-electron chi connectivity index (χ0n) is 15.2. The van der Waals surface area contributed by atoms with E-state index in [1.807, 2.05) is 43.0 Å². The predicted octanol–water partition coefficient (Wildman–Crippen LogP) is 3.63. The summed E-state index contributed by atoms with van der Waals surface area (Å²) in [6.45, 7) is 9.05. The zero-order valence-corrected chi connectivity index (χ0v) is 15.2. The van der Waals surface area contributed by atoms with Crippen LogP contribution in [0.1, 0.15) is 25.0 Å². The monoisotopic (exact) mass is 338 g/mol. The fourth-order valence-electron chi connectivity index (χ4n) is 3.34. The SMILES string of the molecule is CCOc1cccc(N2CCN(Cc3cccc(C)c3)C(C)C2=O)c1. The predicted molar refractivity (Wildman–Crippen MR) is 101 cm³/mol. The van der Waals surface area contributed by atoms with Crippen molar-refractivity contribution in [1.82, 2.24) is 4.90 Å². The van der Waals surface area contributed by atoms with Gasteiger partial charge in [-0.15, -0.1) is 0 Å². The number of benzene rings is 2. The van der Waals surface area contributed by atoms with E-state index in [0.717, 1.165) is 24.5 Å². The lowest BCUT2D eigenvalue weighted by atomic mass is 10.1. The molecule has 1 amide bonds. The van der Waals surface area contributed by atoms with Gasteiger partial charge in [-0.3, -0.25) is 9.69 Å². The second kappa shape index (κ2) is 7.70. The Kier molecular flexibility index (Phi) is 5.39. The van der Waals surface area contributed by atoms with E-state index < -0.39 is 0 Å². The molecule has 1 fully saturated rings. The number of amides is 1. The maximum atomic E-state index is 12.9. The van der Waals surface area contributed by atoms with E-state index in [4.69, 9.17) is 4.74 Å². The van der Waals surface area contributed by atoms with Crippen LogP contribution in [-0.2, 0) is 11.3 Å². The van der Waals surface area contributed by atoms with E-state index in [2.05, 4.69) is 36.1 Å². The van der Waals surface area contributed by atoms with Crippen molar-refractivity contribution in [2.45, 2.75) is 33.4 Å². The molecule has 4 heteroatoms. The Labute approximate surface area is 150 Å². The van der Waals surface area contributed by atoms with Gasteiger partial charge in [-0.25, -0.2) is 0 Å². The molecule has 1 unspecified atom stereocenters. The van der Waals surface area contributed by atoms with Crippen LogP contribution >= 0.6 is 0 Å². The Morgan fingerprint density at radius 2 is 1.92 bits per heavy atom. The molecule has 132 valence electrons. The lowest BCUT2D eigenvalue weighted by Gasteiger charge is -2.39. The molecule has 1 saturated heterocycles. The van der Waals surface area contributed by atoms with Gasteiger partial charge in [0, 0.05) is 31.4 Å². The second-order valence-electron chi connectivity index (χ2n) is 6.56. The minimum Gasteiger partial charge on any atom is -0.494 e. The molecule has 0 spiro atoms. The number of anilines is 1. The molecule has 1 aliphatic heterocycles. The van der Waals surface area contributed by atoms with Crippen LogP contribution in [0.25, 0.3) is 0 Å². The van der Waals surface area contributed by atoms with Crippen molar-refractivity contribution in [2.75, 3.05) is 24.6 Å². The van der Waals surface area contributed by atoms with Crippen molar-refractivity contribution in [3.63, 3.8) is 0 Å². The number of piperazine rings is 1. The standard InChI is InChI=1S/C21H26N2O2/c1-4-25-20-10-6-9-19(14-20)23-12-11-22(17(3)21(23)24)15-18-8-5-7-16(2)13-18/h5-10,13-14,17H,4,11-12,15H2,1-3H3. The van der Waals surface area contributed by atoms with E-state index in [1.54, 1.807) is 0 Å². The fraction of sp³-hybridized carbons (Fsp3) is 0.381. The molecule has 1 heterocycles. The van der Waals surface area contributed by atoms with Gasteiger partial charge in [0.05, 0.1) is 12.6 Å². The van der Waals surface area contributed by atoms with Crippen LogP contribution in [0.3, 0.4) is 0 Å². The molecule has 0 radical (unpaired) electrons. The molecule has 1 atom stereocenters. The number of aryl methyl sites for hydroxylation is 1. The molecule has 4 nitrogen and oxygen atoms in total.